The molecule has 0 saturated carbocycles. The molecular formula is C17H16INO2. The van der Waals surface area contributed by atoms with E-state index in [-0.39, 0.29) is 5.91 Å². The fraction of sp³-hybridized carbons (Fsp3) is 0.235. The van der Waals surface area contributed by atoms with E-state index in [1.165, 1.54) is 5.56 Å². The van der Waals surface area contributed by atoms with Crippen molar-refractivity contribution < 1.29 is 9.53 Å². The van der Waals surface area contributed by atoms with E-state index in [0.717, 1.165) is 40.0 Å². The van der Waals surface area contributed by atoms with E-state index in [2.05, 4.69) is 22.6 Å². The van der Waals surface area contributed by atoms with Gasteiger partial charge >= 0.3 is 0 Å². The summed E-state index contributed by atoms with van der Waals surface area (Å²) in [5.74, 6) is 0.920. The number of halogens is 1. The number of aryl methyl sites for hydroxylation is 1. The van der Waals surface area contributed by atoms with E-state index in [9.17, 15) is 4.79 Å². The molecule has 4 heteroatoms. The van der Waals surface area contributed by atoms with Crippen molar-refractivity contribution in [1.82, 2.24) is 0 Å². The first kappa shape index (κ1) is 14.4. The first-order valence-corrected chi connectivity index (χ1v) is 8.02. The number of anilines is 1. The smallest absolute Gasteiger partial charge is 0.259 e. The average molecular weight is 393 g/mol. The number of carbonyl (C=O) groups excluding carboxylic acids is 1. The minimum Gasteiger partial charge on any atom is -0.497 e. The summed E-state index contributed by atoms with van der Waals surface area (Å²) in [4.78, 5) is 14.7. The van der Waals surface area contributed by atoms with E-state index in [4.69, 9.17) is 4.74 Å². The molecule has 0 spiro atoms. The second-order valence-electron chi connectivity index (χ2n) is 5.03. The Bertz CT molecular complexity index is 684. The van der Waals surface area contributed by atoms with Gasteiger partial charge in [-0.3, -0.25) is 4.79 Å². The van der Waals surface area contributed by atoms with E-state index < -0.39 is 0 Å². The summed E-state index contributed by atoms with van der Waals surface area (Å²) in [5, 5.41) is 0. The van der Waals surface area contributed by atoms with Gasteiger partial charge in [-0.05, 0) is 71.3 Å². The minimum absolute atomic E-state index is 0.0751. The number of hydrogen-bond acceptors (Lipinski definition) is 2. The van der Waals surface area contributed by atoms with Crippen LogP contribution in [0, 0.1) is 3.57 Å². The predicted molar refractivity (Wildman–Crippen MR) is 92.2 cm³/mol. The van der Waals surface area contributed by atoms with Gasteiger partial charge in [0.15, 0.2) is 0 Å². The van der Waals surface area contributed by atoms with Crippen LogP contribution in [0.15, 0.2) is 42.5 Å². The van der Waals surface area contributed by atoms with Crippen LogP contribution in [0.1, 0.15) is 22.3 Å². The van der Waals surface area contributed by atoms with Crippen LogP contribution in [0.5, 0.6) is 5.75 Å². The van der Waals surface area contributed by atoms with Crippen molar-refractivity contribution in [2.75, 3.05) is 18.6 Å². The van der Waals surface area contributed by atoms with Crippen molar-refractivity contribution in [2.24, 2.45) is 0 Å². The maximum absolute atomic E-state index is 12.8. The van der Waals surface area contributed by atoms with Gasteiger partial charge in [0, 0.05) is 15.8 Å². The molecule has 3 rings (SSSR count). The Labute approximate surface area is 138 Å². The lowest BCUT2D eigenvalue weighted by atomic mass is 10.0. The lowest BCUT2D eigenvalue weighted by Crippen LogP contribution is -2.35. The molecule has 0 bridgehead atoms. The molecule has 0 aliphatic carbocycles. The van der Waals surface area contributed by atoms with Crippen molar-refractivity contribution in [2.45, 2.75) is 12.8 Å². The fourth-order valence-corrected chi connectivity index (χ4v) is 3.31. The number of fused-ring (bicyclic) bond motifs is 1. The first-order valence-electron chi connectivity index (χ1n) is 6.94. The number of ether oxygens (including phenoxy) is 1. The standard InChI is InChI=1S/C17H16INO2/c1-21-13-8-9-16-12(11-13)5-4-10-19(16)17(20)14-6-2-3-7-15(14)18/h2-3,6-9,11H,4-5,10H2,1H3. The van der Waals surface area contributed by atoms with Crippen LogP contribution in [-0.2, 0) is 6.42 Å². The van der Waals surface area contributed by atoms with Gasteiger partial charge in [0.2, 0.25) is 0 Å². The first-order chi connectivity index (χ1) is 10.2. The fourth-order valence-electron chi connectivity index (χ4n) is 2.69. The molecule has 1 amide bonds. The number of nitrogens with zero attached hydrogens (tertiary/aromatic N) is 1. The SMILES string of the molecule is COc1ccc2c(c1)CCCN2C(=O)c1ccccc1I. The van der Waals surface area contributed by atoms with Crippen LogP contribution in [0.25, 0.3) is 0 Å². The van der Waals surface area contributed by atoms with Crippen LogP contribution in [-0.4, -0.2) is 19.6 Å². The number of hydrogen-bond donors (Lipinski definition) is 0. The highest BCUT2D eigenvalue weighted by Crippen LogP contribution is 2.32. The zero-order valence-electron chi connectivity index (χ0n) is 11.8. The molecule has 2 aromatic rings. The molecule has 0 atom stereocenters. The Morgan fingerprint density at radius 2 is 2.05 bits per heavy atom. The Morgan fingerprint density at radius 1 is 1.24 bits per heavy atom. The summed E-state index contributed by atoms with van der Waals surface area (Å²) in [5.41, 5.74) is 2.95. The maximum Gasteiger partial charge on any atom is 0.259 e. The molecule has 1 aliphatic heterocycles. The van der Waals surface area contributed by atoms with Gasteiger partial charge < -0.3 is 9.64 Å². The Kier molecular flexibility index (Phi) is 4.14. The lowest BCUT2D eigenvalue weighted by Gasteiger charge is -2.30. The summed E-state index contributed by atoms with van der Waals surface area (Å²) in [7, 11) is 1.67. The largest absolute Gasteiger partial charge is 0.497 e. The summed E-state index contributed by atoms with van der Waals surface area (Å²) >= 11 is 2.22. The highest BCUT2D eigenvalue weighted by Gasteiger charge is 2.24. The number of rotatable bonds is 2. The molecule has 2 aromatic carbocycles. The highest BCUT2D eigenvalue weighted by atomic mass is 127. The van der Waals surface area contributed by atoms with Crippen LogP contribution in [0.4, 0.5) is 5.69 Å². The van der Waals surface area contributed by atoms with E-state index >= 15 is 0 Å². The van der Waals surface area contributed by atoms with E-state index in [1.54, 1.807) is 7.11 Å². The zero-order chi connectivity index (χ0) is 14.8. The third-order valence-corrected chi connectivity index (χ3v) is 4.70. The molecule has 3 nitrogen and oxygen atoms in total. The normalized spacial score (nSPS) is 13.7. The monoisotopic (exact) mass is 393 g/mol. The van der Waals surface area contributed by atoms with E-state index in [1.807, 2.05) is 47.4 Å². The quantitative estimate of drug-likeness (QED) is 0.725. The molecule has 0 aromatic heterocycles. The summed E-state index contributed by atoms with van der Waals surface area (Å²) in [6.07, 6.45) is 1.97. The Hall–Kier alpha value is -1.56. The van der Waals surface area contributed by atoms with Gasteiger partial charge in [-0.25, -0.2) is 0 Å². The van der Waals surface area contributed by atoms with Crippen LogP contribution < -0.4 is 9.64 Å². The van der Waals surface area contributed by atoms with Gasteiger partial charge in [-0.15, -0.1) is 0 Å². The molecule has 0 N–H and O–H groups in total. The van der Waals surface area contributed by atoms with Crippen molar-refractivity contribution in [1.29, 1.82) is 0 Å². The minimum atomic E-state index is 0.0751. The third kappa shape index (κ3) is 2.77. The van der Waals surface area contributed by atoms with Gasteiger partial charge in [0.1, 0.15) is 5.75 Å². The second kappa shape index (κ2) is 6.05. The molecule has 0 fully saturated rings. The molecule has 0 unspecified atom stereocenters. The highest BCUT2D eigenvalue weighted by molar-refractivity contribution is 14.1. The zero-order valence-corrected chi connectivity index (χ0v) is 14.0. The summed E-state index contributed by atoms with van der Waals surface area (Å²) in [6.45, 7) is 0.767. The predicted octanol–water partition coefficient (Wildman–Crippen LogP) is 3.89. The van der Waals surface area contributed by atoms with Gasteiger partial charge in [-0.1, -0.05) is 12.1 Å². The van der Waals surface area contributed by atoms with Crippen LogP contribution >= 0.6 is 22.6 Å². The Balaban J connectivity index is 1.99. The van der Waals surface area contributed by atoms with Crippen LogP contribution in [0.3, 0.4) is 0 Å². The van der Waals surface area contributed by atoms with Gasteiger partial charge in [0.05, 0.1) is 12.7 Å². The van der Waals surface area contributed by atoms with Gasteiger partial charge in [-0.2, -0.15) is 0 Å². The molecule has 0 radical (unpaired) electrons. The molecule has 1 heterocycles. The summed E-state index contributed by atoms with van der Waals surface area (Å²) < 4.78 is 6.26. The topological polar surface area (TPSA) is 29.5 Å². The number of methoxy groups -OCH3 is 1. The van der Waals surface area contributed by atoms with Crippen molar-refractivity contribution in [3.63, 3.8) is 0 Å². The molecule has 108 valence electrons. The molecular weight excluding hydrogens is 377 g/mol. The number of benzene rings is 2. The number of carbonyl (C=O) groups is 1. The molecule has 0 saturated heterocycles. The Morgan fingerprint density at radius 3 is 2.81 bits per heavy atom. The van der Waals surface area contributed by atoms with Crippen molar-refractivity contribution in [3.8, 4) is 5.75 Å². The lowest BCUT2D eigenvalue weighted by molar-refractivity contribution is 0.0984. The summed E-state index contributed by atoms with van der Waals surface area (Å²) in [6, 6.07) is 13.7. The van der Waals surface area contributed by atoms with Gasteiger partial charge in [0.25, 0.3) is 5.91 Å². The number of amides is 1. The third-order valence-electron chi connectivity index (χ3n) is 3.75. The van der Waals surface area contributed by atoms with Crippen molar-refractivity contribution in [3.05, 3.63) is 57.2 Å². The van der Waals surface area contributed by atoms with Crippen LogP contribution in [0.2, 0.25) is 0 Å². The average Bonchev–Trinajstić information content (AvgIpc) is 2.53. The maximum atomic E-state index is 12.8. The molecule has 1 aliphatic rings. The van der Waals surface area contributed by atoms with Crippen molar-refractivity contribution >= 4 is 34.2 Å². The molecule has 21 heavy (non-hydrogen) atoms. The van der Waals surface area contributed by atoms with E-state index in [0.29, 0.717) is 0 Å². The second-order valence-corrected chi connectivity index (χ2v) is 6.20.